The molecule has 0 unspecified atom stereocenters. The van der Waals surface area contributed by atoms with Gasteiger partial charge in [-0.05, 0) is 69.0 Å². The van der Waals surface area contributed by atoms with E-state index in [-0.39, 0.29) is 11.8 Å². The Hall–Kier alpha value is -2.86. The van der Waals surface area contributed by atoms with E-state index in [1.54, 1.807) is 24.2 Å². The quantitative estimate of drug-likeness (QED) is 0.584. The summed E-state index contributed by atoms with van der Waals surface area (Å²) in [6.07, 6.45) is 5.30. The second-order valence-electron chi connectivity index (χ2n) is 8.17. The molecule has 1 N–H and O–H groups in total. The highest BCUT2D eigenvalue weighted by Gasteiger charge is 2.28. The summed E-state index contributed by atoms with van der Waals surface area (Å²) in [6.45, 7) is 7.76. The topological polar surface area (TPSA) is 58.1 Å². The van der Waals surface area contributed by atoms with Gasteiger partial charge < -0.3 is 10.2 Å². The van der Waals surface area contributed by atoms with Gasteiger partial charge in [-0.3, -0.25) is 4.79 Å². The Bertz CT molecular complexity index is 1070. The molecule has 0 radical (unpaired) electrons. The van der Waals surface area contributed by atoms with Gasteiger partial charge in [0.05, 0.1) is 5.92 Å². The third kappa shape index (κ3) is 5.25. The van der Waals surface area contributed by atoms with Crippen molar-refractivity contribution in [2.45, 2.75) is 43.5 Å². The van der Waals surface area contributed by atoms with Gasteiger partial charge in [0.1, 0.15) is 5.03 Å². The molecule has 0 spiro atoms. The Balaban J connectivity index is 1.47. The number of nitrogens with one attached hydrogen (secondary N) is 1. The van der Waals surface area contributed by atoms with Gasteiger partial charge in [0.15, 0.2) is 5.82 Å². The molecular formula is C25H28N4OS. The number of amides is 1. The monoisotopic (exact) mass is 432 g/mol. The van der Waals surface area contributed by atoms with Crippen LogP contribution in [0.15, 0.2) is 64.8 Å². The number of nitrogens with zero attached hydrogens (tertiary/aromatic N) is 3. The average Bonchev–Trinajstić information content (AvgIpc) is 2.78. The number of piperidine rings is 1. The molecule has 1 amide bonds. The molecule has 6 heteroatoms. The van der Waals surface area contributed by atoms with Gasteiger partial charge in [-0.2, -0.15) is 0 Å². The lowest BCUT2D eigenvalue weighted by Gasteiger charge is -2.33. The van der Waals surface area contributed by atoms with Gasteiger partial charge in [0.25, 0.3) is 0 Å². The van der Waals surface area contributed by atoms with Crippen LogP contribution in [0.2, 0.25) is 0 Å². The molecule has 1 atom stereocenters. The summed E-state index contributed by atoms with van der Waals surface area (Å²) < 4.78 is 0. The molecule has 5 nitrogen and oxygen atoms in total. The van der Waals surface area contributed by atoms with E-state index in [0.717, 1.165) is 40.8 Å². The molecule has 1 aliphatic rings. The maximum Gasteiger partial charge on any atom is 0.229 e. The fourth-order valence-corrected chi connectivity index (χ4v) is 4.65. The van der Waals surface area contributed by atoms with Crippen molar-refractivity contribution in [3.63, 3.8) is 0 Å². The third-order valence-electron chi connectivity index (χ3n) is 5.75. The van der Waals surface area contributed by atoms with Gasteiger partial charge in [0, 0.05) is 36.1 Å². The summed E-state index contributed by atoms with van der Waals surface area (Å²) in [6, 6.07) is 14.5. The van der Waals surface area contributed by atoms with Crippen molar-refractivity contribution in [1.82, 2.24) is 9.97 Å². The molecule has 1 aliphatic heterocycles. The van der Waals surface area contributed by atoms with E-state index < -0.39 is 0 Å². The van der Waals surface area contributed by atoms with Crippen LogP contribution in [0.5, 0.6) is 0 Å². The molecule has 4 rings (SSSR count). The summed E-state index contributed by atoms with van der Waals surface area (Å²) in [4.78, 5) is 25.5. The Kier molecular flexibility index (Phi) is 6.56. The Morgan fingerprint density at radius 1 is 1.03 bits per heavy atom. The SMILES string of the molecule is Cc1ccc(Sc2nccnc2N2CCC[C@H](C(=O)Nc3ccc(C)c(C)c3)C2)cc1. The predicted octanol–water partition coefficient (Wildman–Crippen LogP) is 5.41. The first kappa shape index (κ1) is 21.4. The van der Waals surface area contributed by atoms with Gasteiger partial charge in [-0.15, -0.1) is 0 Å². The zero-order valence-corrected chi connectivity index (χ0v) is 19.1. The first-order chi connectivity index (χ1) is 15.0. The van der Waals surface area contributed by atoms with Crippen LogP contribution in [0.4, 0.5) is 11.5 Å². The zero-order chi connectivity index (χ0) is 21.8. The van der Waals surface area contributed by atoms with Crippen LogP contribution in [0, 0.1) is 26.7 Å². The number of carbonyl (C=O) groups excluding carboxylic acids is 1. The van der Waals surface area contributed by atoms with Gasteiger partial charge in [0.2, 0.25) is 5.91 Å². The Labute approximate surface area is 188 Å². The molecule has 0 bridgehead atoms. The van der Waals surface area contributed by atoms with E-state index in [4.69, 9.17) is 0 Å². The summed E-state index contributed by atoms with van der Waals surface area (Å²) in [5.41, 5.74) is 4.50. The highest BCUT2D eigenvalue weighted by molar-refractivity contribution is 7.99. The van der Waals surface area contributed by atoms with E-state index in [9.17, 15) is 4.79 Å². The molecule has 0 aliphatic carbocycles. The summed E-state index contributed by atoms with van der Waals surface area (Å²) in [5.74, 6) is 0.857. The molecule has 160 valence electrons. The van der Waals surface area contributed by atoms with Crippen molar-refractivity contribution in [1.29, 1.82) is 0 Å². The van der Waals surface area contributed by atoms with E-state index in [1.165, 1.54) is 16.7 Å². The van der Waals surface area contributed by atoms with Crippen LogP contribution in [-0.2, 0) is 4.79 Å². The lowest BCUT2D eigenvalue weighted by molar-refractivity contribution is -0.120. The molecule has 3 aromatic rings. The maximum absolute atomic E-state index is 13.0. The highest BCUT2D eigenvalue weighted by atomic mass is 32.2. The van der Waals surface area contributed by atoms with Crippen molar-refractivity contribution in [2.75, 3.05) is 23.3 Å². The molecule has 2 heterocycles. The summed E-state index contributed by atoms with van der Waals surface area (Å²) in [5, 5.41) is 3.98. The van der Waals surface area contributed by atoms with Gasteiger partial charge >= 0.3 is 0 Å². The van der Waals surface area contributed by atoms with Crippen LogP contribution in [0.1, 0.15) is 29.5 Å². The van der Waals surface area contributed by atoms with Crippen LogP contribution in [-0.4, -0.2) is 29.0 Å². The van der Waals surface area contributed by atoms with Crippen LogP contribution >= 0.6 is 11.8 Å². The first-order valence-electron chi connectivity index (χ1n) is 10.7. The van der Waals surface area contributed by atoms with Gasteiger partial charge in [-0.25, -0.2) is 9.97 Å². The van der Waals surface area contributed by atoms with Crippen LogP contribution in [0.3, 0.4) is 0 Å². The first-order valence-corrected chi connectivity index (χ1v) is 11.5. The molecule has 2 aromatic carbocycles. The lowest BCUT2D eigenvalue weighted by Crippen LogP contribution is -2.41. The molecule has 1 aromatic heterocycles. The van der Waals surface area contributed by atoms with E-state index in [1.807, 2.05) is 18.2 Å². The number of carbonyl (C=O) groups is 1. The van der Waals surface area contributed by atoms with Crippen molar-refractivity contribution >= 4 is 29.2 Å². The summed E-state index contributed by atoms with van der Waals surface area (Å²) >= 11 is 1.62. The van der Waals surface area contributed by atoms with Crippen LogP contribution in [0.25, 0.3) is 0 Å². The van der Waals surface area contributed by atoms with Crippen molar-refractivity contribution < 1.29 is 4.79 Å². The van der Waals surface area contributed by atoms with E-state index >= 15 is 0 Å². The minimum Gasteiger partial charge on any atom is -0.354 e. The summed E-state index contributed by atoms with van der Waals surface area (Å²) in [7, 11) is 0. The standard InChI is InChI=1S/C25H28N4OS/c1-17-6-10-22(11-7-17)31-25-23(26-12-13-27-25)29-14-4-5-20(16-29)24(30)28-21-9-8-18(2)19(3)15-21/h6-13,15,20H,4-5,14,16H2,1-3H3,(H,28,30)/t20-/m0/s1. The molecule has 1 fully saturated rings. The molecule has 31 heavy (non-hydrogen) atoms. The minimum atomic E-state index is -0.0745. The Morgan fingerprint density at radius 3 is 2.58 bits per heavy atom. The van der Waals surface area contributed by atoms with E-state index in [2.05, 4.69) is 65.2 Å². The molecule has 0 saturated carbocycles. The van der Waals surface area contributed by atoms with Crippen molar-refractivity contribution in [2.24, 2.45) is 5.92 Å². The minimum absolute atomic E-state index is 0.0737. The van der Waals surface area contributed by atoms with Crippen molar-refractivity contribution in [3.05, 3.63) is 71.5 Å². The number of rotatable bonds is 5. The largest absolute Gasteiger partial charge is 0.354 e. The number of aromatic nitrogens is 2. The van der Waals surface area contributed by atoms with Gasteiger partial charge in [-0.1, -0.05) is 35.5 Å². The normalized spacial score (nSPS) is 16.2. The number of aryl methyl sites for hydroxylation is 3. The zero-order valence-electron chi connectivity index (χ0n) is 18.3. The Morgan fingerprint density at radius 2 is 1.81 bits per heavy atom. The predicted molar refractivity (Wildman–Crippen MR) is 127 cm³/mol. The number of hydrogen-bond donors (Lipinski definition) is 1. The van der Waals surface area contributed by atoms with Crippen LogP contribution < -0.4 is 10.2 Å². The number of anilines is 2. The highest BCUT2D eigenvalue weighted by Crippen LogP contribution is 2.34. The van der Waals surface area contributed by atoms with Crippen molar-refractivity contribution in [3.8, 4) is 0 Å². The third-order valence-corrected chi connectivity index (χ3v) is 6.74. The fraction of sp³-hybridized carbons (Fsp3) is 0.320. The number of benzene rings is 2. The number of hydrogen-bond acceptors (Lipinski definition) is 5. The fourth-order valence-electron chi connectivity index (χ4n) is 3.77. The lowest BCUT2D eigenvalue weighted by atomic mass is 9.97. The smallest absolute Gasteiger partial charge is 0.229 e. The second kappa shape index (κ2) is 9.52. The molecule has 1 saturated heterocycles. The average molecular weight is 433 g/mol. The van der Waals surface area contributed by atoms with E-state index in [0.29, 0.717) is 6.54 Å². The molecular weight excluding hydrogens is 404 g/mol. The second-order valence-corrected chi connectivity index (χ2v) is 9.24. The maximum atomic E-state index is 13.0.